The number of pyridine rings is 1. The Labute approximate surface area is 163 Å². The van der Waals surface area contributed by atoms with Gasteiger partial charge in [0.25, 0.3) is 5.91 Å². The first-order valence-electron chi connectivity index (χ1n) is 8.46. The molecule has 4 aromatic rings. The summed E-state index contributed by atoms with van der Waals surface area (Å²) in [5, 5.41) is 3.61. The van der Waals surface area contributed by atoms with Crippen LogP contribution >= 0.6 is 11.3 Å². The van der Waals surface area contributed by atoms with Gasteiger partial charge in [0, 0.05) is 17.0 Å². The normalized spacial score (nSPS) is 10.9. The molecule has 0 saturated carbocycles. The third-order valence-electron chi connectivity index (χ3n) is 4.10. The van der Waals surface area contributed by atoms with Gasteiger partial charge in [-0.1, -0.05) is 35.6 Å². The van der Waals surface area contributed by atoms with Crippen LogP contribution in [0.5, 0.6) is 0 Å². The molecule has 0 radical (unpaired) electrons. The van der Waals surface area contributed by atoms with Gasteiger partial charge in [-0.25, -0.2) is 9.78 Å². The molecule has 0 aliphatic carbocycles. The monoisotopic (exact) mass is 393 g/mol. The van der Waals surface area contributed by atoms with Gasteiger partial charge in [0.15, 0.2) is 11.7 Å². The molecule has 8 heteroatoms. The lowest BCUT2D eigenvalue weighted by atomic mass is 10.1. The van der Waals surface area contributed by atoms with E-state index in [1.807, 2.05) is 25.1 Å². The standard InChI is InChI=1S/C20H15N3O4S/c1-11-6-7-15-16(8-11)28-20(22-15)23-18(25)10-27-19(26)13-9-17(24)21-14-5-3-2-4-12(13)14/h2-9H,10H2,1H3,(H,21,24)(H,22,23,25). The lowest BCUT2D eigenvalue weighted by Crippen LogP contribution is -2.21. The van der Waals surface area contributed by atoms with E-state index < -0.39 is 24.0 Å². The number of esters is 1. The summed E-state index contributed by atoms with van der Waals surface area (Å²) in [7, 11) is 0. The number of aromatic amines is 1. The van der Waals surface area contributed by atoms with Crippen molar-refractivity contribution in [3.8, 4) is 0 Å². The first-order chi connectivity index (χ1) is 13.5. The quantitative estimate of drug-likeness (QED) is 0.518. The van der Waals surface area contributed by atoms with Crippen LogP contribution < -0.4 is 10.9 Å². The molecule has 0 atom stereocenters. The molecule has 2 N–H and O–H groups in total. The molecule has 1 amide bonds. The summed E-state index contributed by atoms with van der Waals surface area (Å²) in [6.07, 6.45) is 0. The zero-order valence-electron chi connectivity index (χ0n) is 14.8. The highest BCUT2D eigenvalue weighted by atomic mass is 32.1. The minimum Gasteiger partial charge on any atom is -0.452 e. The number of ether oxygens (including phenoxy) is 1. The van der Waals surface area contributed by atoms with Crippen LogP contribution in [0.2, 0.25) is 0 Å². The predicted octanol–water partition coefficient (Wildman–Crippen LogP) is 3.24. The number of rotatable bonds is 4. The van der Waals surface area contributed by atoms with Crippen molar-refractivity contribution in [3.05, 3.63) is 70.0 Å². The van der Waals surface area contributed by atoms with Gasteiger partial charge in [0.05, 0.1) is 15.8 Å². The number of H-pyrrole nitrogens is 1. The van der Waals surface area contributed by atoms with E-state index in [1.165, 1.54) is 17.4 Å². The third-order valence-corrected chi connectivity index (χ3v) is 5.03. The van der Waals surface area contributed by atoms with Gasteiger partial charge < -0.3 is 9.72 Å². The van der Waals surface area contributed by atoms with Crippen molar-refractivity contribution in [2.75, 3.05) is 11.9 Å². The van der Waals surface area contributed by atoms with Gasteiger partial charge in [0.1, 0.15) is 0 Å². The Balaban J connectivity index is 1.46. The molecule has 0 spiro atoms. The van der Waals surface area contributed by atoms with Crippen LogP contribution in [0.15, 0.2) is 53.3 Å². The number of benzene rings is 2. The van der Waals surface area contributed by atoms with E-state index >= 15 is 0 Å². The Morgan fingerprint density at radius 3 is 2.86 bits per heavy atom. The number of para-hydroxylation sites is 1. The van der Waals surface area contributed by atoms with Crippen molar-refractivity contribution >= 4 is 49.5 Å². The summed E-state index contributed by atoms with van der Waals surface area (Å²) < 4.78 is 6.05. The minimum atomic E-state index is -0.739. The summed E-state index contributed by atoms with van der Waals surface area (Å²) in [5.41, 5.74) is 2.12. The molecule has 0 aliphatic rings. The topological polar surface area (TPSA) is 101 Å². The SMILES string of the molecule is Cc1ccc2nc(NC(=O)COC(=O)c3cc(=O)[nH]c4ccccc34)sc2c1. The lowest BCUT2D eigenvalue weighted by molar-refractivity contribution is -0.119. The molecule has 2 heterocycles. The van der Waals surface area contributed by atoms with E-state index in [4.69, 9.17) is 4.74 Å². The number of carbonyl (C=O) groups is 2. The van der Waals surface area contributed by atoms with Gasteiger partial charge in [-0.05, 0) is 30.7 Å². The van der Waals surface area contributed by atoms with E-state index in [9.17, 15) is 14.4 Å². The fraction of sp³-hybridized carbons (Fsp3) is 0.100. The molecule has 0 unspecified atom stereocenters. The van der Waals surface area contributed by atoms with Gasteiger partial charge in [0.2, 0.25) is 5.56 Å². The van der Waals surface area contributed by atoms with Gasteiger partial charge >= 0.3 is 5.97 Å². The number of anilines is 1. The Kier molecular flexibility index (Phi) is 4.62. The average molecular weight is 393 g/mol. The number of nitrogens with zero attached hydrogens (tertiary/aromatic N) is 1. The van der Waals surface area contributed by atoms with Crippen molar-refractivity contribution in [1.82, 2.24) is 9.97 Å². The molecule has 0 saturated heterocycles. The number of carbonyl (C=O) groups excluding carboxylic acids is 2. The molecule has 7 nitrogen and oxygen atoms in total. The summed E-state index contributed by atoms with van der Waals surface area (Å²) in [4.78, 5) is 43.2. The number of fused-ring (bicyclic) bond motifs is 2. The smallest absolute Gasteiger partial charge is 0.339 e. The maximum absolute atomic E-state index is 12.4. The Bertz CT molecular complexity index is 1280. The van der Waals surface area contributed by atoms with E-state index in [2.05, 4.69) is 15.3 Å². The highest BCUT2D eigenvalue weighted by Crippen LogP contribution is 2.26. The molecule has 28 heavy (non-hydrogen) atoms. The van der Waals surface area contributed by atoms with Crippen molar-refractivity contribution < 1.29 is 14.3 Å². The van der Waals surface area contributed by atoms with Crippen LogP contribution in [-0.4, -0.2) is 28.5 Å². The number of hydrogen-bond acceptors (Lipinski definition) is 6. The van der Waals surface area contributed by atoms with Crippen LogP contribution in [0, 0.1) is 6.92 Å². The number of amides is 1. The zero-order valence-corrected chi connectivity index (χ0v) is 15.6. The molecule has 0 aliphatic heterocycles. The fourth-order valence-electron chi connectivity index (χ4n) is 2.82. The van der Waals surface area contributed by atoms with E-state index in [-0.39, 0.29) is 5.56 Å². The highest BCUT2D eigenvalue weighted by molar-refractivity contribution is 7.22. The number of hydrogen-bond donors (Lipinski definition) is 2. The predicted molar refractivity (Wildman–Crippen MR) is 108 cm³/mol. The number of aromatic nitrogens is 2. The Hall–Kier alpha value is -3.52. The van der Waals surface area contributed by atoms with Crippen LogP contribution in [0.1, 0.15) is 15.9 Å². The zero-order chi connectivity index (χ0) is 19.7. The molecule has 2 aromatic heterocycles. The Morgan fingerprint density at radius 1 is 1.18 bits per heavy atom. The summed E-state index contributed by atoms with van der Waals surface area (Å²) in [5.74, 6) is -1.24. The molecule has 0 bridgehead atoms. The van der Waals surface area contributed by atoms with Crippen LogP contribution in [0.3, 0.4) is 0 Å². The highest BCUT2D eigenvalue weighted by Gasteiger charge is 2.15. The maximum atomic E-state index is 12.4. The second-order valence-corrected chi connectivity index (χ2v) is 7.24. The Morgan fingerprint density at radius 2 is 2.00 bits per heavy atom. The third kappa shape index (κ3) is 3.63. The maximum Gasteiger partial charge on any atom is 0.339 e. The van der Waals surface area contributed by atoms with Crippen LogP contribution in [-0.2, 0) is 9.53 Å². The summed E-state index contributed by atoms with van der Waals surface area (Å²) in [6, 6.07) is 13.9. The van der Waals surface area contributed by atoms with Gasteiger partial charge in [-0.3, -0.25) is 14.9 Å². The van der Waals surface area contributed by atoms with Crippen molar-refractivity contribution in [2.24, 2.45) is 0 Å². The first kappa shape index (κ1) is 17.9. The number of nitrogens with one attached hydrogen (secondary N) is 2. The lowest BCUT2D eigenvalue weighted by Gasteiger charge is -2.07. The molecule has 0 fully saturated rings. The van der Waals surface area contributed by atoms with E-state index in [0.29, 0.717) is 16.0 Å². The average Bonchev–Trinajstić information content (AvgIpc) is 3.06. The fourth-order valence-corrected chi connectivity index (χ4v) is 3.80. The molecule has 140 valence electrons. The van der Waals surface area contributed by atoms with Crippen LogP contribution in [0.25, 0.3) is 21.1 Å². The van der Waals surface area contributed by atoms with Crippen molar-refractivity contribution in [3.63, 3.8) is 0 Å². The second-order valence-electron chi connectivity index (χ2n) is 6.21. The minimum absolute atomic E-state index is 0.114. The molecular weight excluding hydrogens is 378 g/mol. The molecule has 2 aromatic carbocycles. The number of aryl methyl sites for hydroxylation is 1. The van der Waals surface area contributed by atoms with Gasteiger partial charge in [-0.15, -0.1) is 0 Å². The van der Waals surface area contributed by atoms with Crippen LogP contribution in [0.4, 0.5) is 5.13 Å². The molecular formula is C20H15N3O4S. The van der Waals surface area contributed by atoms with Crippen molar-refractivity contribution in [2.45, 2.75) is 6.92 Å². The first-order valence-corrected chi connectivity index (χ1v) is 9.27. The second kappa shape index (κ2) is 7.24. The van der Waals surface area contributed by atoms with Gasteiger partial charge in [-0.2, -0.15) is 0 Å². The van der Waals surface area contributed by atoms with Crippen molar-refractivity contribution in [1.29, 1.82) is 0 Å². The van der Waals surface area contributed by atoms with E-state index in [0.717, 1.165) is 15.8 Å². The number of thiazole rings is 1. The summed E-state index contributed by atoms with van der Waals surface area (Å²) in [6.45, 7) is 1.50. The van der Waals surface area contributed by atoms with E-state index in [1.54, 1.807) is 24.3 Å². The molecule has 4 rings (SSSR count). The summed E-state index contributed by atoms with van der Waals surface area (Å²) >= 11 is 1.35. The largest absolute Gasteiger partial charge is 0.452 e.